The molecule has 0 atom stereocenters. The normalized spacial score (nSPS) is 10.8. The molecule has 1 aromatic rings. The first-order valence-corrected chi connectivity index (χ1v) is 8.06. The molecule has 0 aromatic heterocycles. The largest absolute Gasteiger partial charge is 0.445 e. The van der Waals surface area contributed by atoms with E-state index in [-0.39, 0.29) is 32.7 Å². The fraction of sp³-hybridized carbons (Fsp3) is 0.385. The lowest BCUT2D eigenvalue weighted by Crippen LogP contribution is -2.32. The number of amides is 2. The highest BCUT2D eigenvalue weighted by Crippen LogP contribution is 2.00. The summed E-state index contributed by atoms with van der Waals surface area (Å²) in [7, 11) is -4.50. The van der Waals surface area contributed by atoms with E-state index in [2.05, 4.69) is 14.8 Å². The number of hydrogen-bond donors (Lipinski definition) is 3. The van der Waals surface area contributed by atoms with E-state index < -0.39 is 22.4 Å². The van der Waals surface area contributed by atoms with Gasteiger partial charge < -0.3 is 15.4 Å². The van der Waals surface area contributed by atoms with Gasteiger partial charge in [-0.15, -0.1) is 0 Å². The van der Waals surface area contributed by atoms with E-state index in [1.54, 1.807) is 0 Å². The molecular weight excluding hydrogens is 328 g/mol. The third kappa shape index (κ3) is 10.2. The Bertz CT molecular complexity index is 604. The van der Waals surface area contributed by atoms with Crippen LogP contribution in [0.25, 0.3) is 0 Å². The zero-order valence-corrected chi connectivity index (χ0v) is 13.0. The van der Waals surface area contributed by atoms with Gasteiger partial charge >= 0.3 is 16.5 Å². The summed E-state index contributed by atoms with van der Waals surface area (Å²) in [4.78, 5) is 22.7. The number of rotatable bonds is 9. The average Bonchev–Trinajstić information content (AvgIpc) is 2.50. The molecule has 0 aliphatic rings. The lowest BCUT2D eigenvalue weighted by atomic mass is 10.2. The van der Waals surface area contributed by atoms with Crippen LogP contribution in [-0.4, -0.2) is 44.7 Å². The second-order valence-electron chi connectivity index (χ2n) is 4.34. The van der Waals surface area contributed by atoms with E-state index in [1.807, 2.05) is 30.3 Å². The summed E-state index contributed by atoms with van der Waals surface area (Å²) in [6.45, 7) is -0.265. The molecule has 10 heteroatoms. The van der Waals surface area contributed by atoms with Crippen molar-refractivity contribution in [3.8, 4) is 0 Å². The quantitative estimate of drug-likeness (QED) is 0.431. The fourth-order valence-corrected chi connectivity index (χ4v) is 1.77. The van der Waals surface area contributed by atoms with E-state index in [9.17, 15) is 18.0 Å². The van der Waals surface area contributed by atoms with Crippen molar-refractivity contribution in [2.75, 3.05) is 19.7 Å². The lowest BCUT2D eigenvalue weighted by molar-refractivity contribution is -0.121. The molecule has 0 spiro atoms. The van der Waals surface area contributed by atoms with E-state index in [4.69, 9.17) is 9.29 Å². The highest BCUT2D eigenvalue weighted by molar-refractivity contribution is 7.80. The van der Waals surface area contributed by atoms with Crippen LogP contribution < -0.4 is 10.6 Å². The van der Waals surface area contributed by atoms with Crippen LogP contribution >= 0.6 is 0 Å². The van der Waals surface area contributed by atoms with Crippen molar-refractivity contribution in [3.05, 3.63) is 35.9 Å². The average molecular weight is 346 g/mol. The second-order valence-corrected chi connectivity index (χ2v) is 5.43. The molecular formula is C13H18N2O7S. The summed E-state index contributed by atoms with van der Waals surface area (Å²) in [5, 5.41) is 4.76. The van der Waals surface area contributed by atoms with E-state index >= 15 is 0 Å². The first-order valence-electron chi connectivity index (χ1n) is 6.70. The van der Waals surface area contributed by atoms with Gasteiger partial charge in [-0.25, -0.2) is 8.98 Å². The van der Waals surface area contributed by atoms with Crippen molar-refractivity contribution < 1.29 is 31.5 Å². The van der Waals surface area contributed by atoms with Gasteiger partial charge in [0.05, 0.1) is 6.61 Å². The third-order valence-corrected chi connectivity index (χ3v) is 2.96. The van der Waals surface area contributed by atoms with Crippen LogP contribution in [0.3, 0.4) is 0 Å². The molecule has 2 amide bonds. The molecule has 0 radical (unpaired) electrons. The maximum atomic E-state index is 11.4. The third-order valence-electron chi connectivity index (χ3n) is 2.49. The topological polar surface area (TPSA) is 131 Å². The van der Waals surface area contributed by atoms with Crippen LogP contribution in [0.4, 0.5) is 4.79 Å². The maximum absolute atomic E-state index is 11.4. The van der Waals surface area contributed by atoms with Crippen molar-refractivity contribution in [2.24, 2.45) is 0 Å². The Labute approximate surface area is 133 Å². The van der Waals surface area contributed by atoms with Gasteiger partial charge in [-0.2, -0.15) is 8.42 Å². The summed E-state index contributed by atoms with van der Waals surface area (Å²) in [5.41, 5.74) is 0.847. The SMILES string of the molecule is O=C(CCNC(=O)OCc1ccccc1)NCCOS(=O)(=O)O. The zero-order chi connectivity index (χ0) is 17.1. The molecule has 1 aromatic carbocycles. The van der Waals surface area contributed by atoms with Gasteiger partial charge in [0.15, 0.2) is 0 Å². The molecule has 0 saturated heterocycles. The summed E-state index contributed by atoms with van der Waals surface area (Å²) in [5.74, 6) is -0.410. The van der Waals surface area contributed by atoms with Gasteiger partial charge in [0, 0.05) is 19.5 Å². The molecule has 0 saturated carbocycles. The lowest BCUT2D eigenvalue weighted by Gasteiger charge is -2.07. The number of carbonyl (C=O) groups is 2. The molecule has 0 aliphatic heterocycles. The van der Waals surface area contributed by atoms with E-state index in [0.29, 0.717) is 0 Å². The smallest absolute Gasteiger partial charge is 0.407 e. The molecule has 0 bridgehead atoms. The number of ether oxygens (including phenoxy) is 1. The number of nitrogens with one attached hydrogen (secondary N) is 2. The molecule has 0 heterocycles. The van der Waals surface area contributed by atoms with Crippen molar-refractivity contribution >= 4 is 22.4 Å². The van der Waals surface area contributed by atoms with Crippen LogP contribution in [0, 0.1) is 0 Å². The number of benzene rings is 1. The summed E-state index contributed by atoms with van der Waals surface area (Å²) in [6.07, 6.45) is -0.650. The van der Waals surface area contributed by atoms with Crippen molar-refractivity contribution in [3.63, 3.8) is 0 Å². The van der Waals surface area contributed by atoms with Crippen LogP contribution in [0.1, 0.15) is 12.0 Å². The summed E-state index contributed by atoms with van der Waals surface area (Å²) in [6, 6.07) is 9.13. The van der Waals surface area contributed by atoms with Crippen molar-refractivity contribution in [1.82, 2.24) is 10.6 Å². The minimum atomic E-state index is -4.50. The van der Waals surface area contributed by atoms with Gasteiger partial charge in [-0.1, -0.05) is 30.3 Å². The van der Waals surface area contributed by atoms with Gasteiger partial charge in [0.1, 0.15) is 6.61 Å². The number of alkyl carbamates (subject to hydrolysis) is 1. The van der Waals surface area contributed by atoms with Crippen molar-refractivity contribution in [1.29, 1.82) is 0 Å². The summed E-state index contributed by atoms with van der Waals surface area (Å²) < 4.78 is 37.8. The van der Waals surface area contributed by atoms with E-state index in [0.717, 1.165) is 5.56 Å². The van der Waals surface area contributed by atoms with Crippen LogP contribution in [0.5, 0.6) is 0 Å². The predicted molar refractivity (Wildman–Crippen MR) is 79.8 cm³/mol. The number of carbonyl (C=O) groups excluding carboxylic acids is 2. The van der Waals surface area contributed by atoms with Gasteiger partial charge in [0.25, 0.3) is 0 Å². The highest BCUT2D eigenvalue weighted by Gasteiger charge is 2.07. The van der Waals surface area contributed by atoms with E-state index in [1.165, 1.54) is 0 Å². The zero-order valence-electron chi connectivity index (χ0n) is 12.2. The highest BCUT2D eigenvalue weighted by atomic mass is 32.3. The Morgan fingerprint density at radius 1 is 1.09 bits per heavy atom. The Hall–Kier alpha value is -2.17. The molecule has 128 valence electrons. The molecule has 9 nitrogen and oxygen atoms in total. The molecule has 0 aliphatic carbocycles. The second kappa shape index (κ2) is 9.77. The molecule has 3 N–H and O–H groups in total. The Balaban J connectivity index is 2.06. The standard InChI is InChI=1S/C13H18N2O7S/c16-12(14-8-9-22-23(18,19)20)6-7-15-13(17)21-10-11-4-2-1-3-5-11/h1-5H,6-10H2,(H,14,16)(H,15,17)(H,18,19,20). The minimum Gasteiger partial charge on any atom is -0.445 e. The van der Waals surface area contributed by atoms with Crippen LogP contribution in [-0.2, 0) is 30.7 Å². The molecule has 0 unspecified atom stereocenters. The maximum Gasteiger partial charge on any atom is 0.407 e. The van der Waals surface area contributed by atoms with Gasteiger partial charge in [-0.05, 0) is 5.56 Å². The Morgan fingerprint density at radius 3 is 2.43 bits per heavy atom. The minimum absolute atomic E-state index is 0.00763. The van der Waals surface area contributed by atoms with Crippen molar-refractivity contribution in [2.45, 2.75) is 13.0 Å². The molecule has 1 rings (SSSR count). The summed E-state index contributed by atoms with van der Waals surface area (Å²) >= 11 is 0. The van der Waals surface area contributed by atoms with Gasteiger partial charge in [-0.3, -0.25) is 9.35 Å². The Morgan fingerprint density at radius 2 is 1.78 bits per heavy atom. The molecule has 23 heavy (non-hydrogen) atoms. The fourth-order valence-electron chi connectivity index (χ4n) is 1.48. The predicted octanol–water partition coefficient (Wildman–Crippen LogP) is 0.239. The first kappa shape index (κ1) is 18.9. The first-order chi connectivity index (χ1) is 10.9. The molecule has 0 fully saturated rings. The monoisotopic (exact) mass is 346 g/mol. The van der Waals surface area contributed by atoms with Gasteiger partial charge in [0.2, 0.25) is 5.91 Å². The number of hydrogen-bond acceptors (Lipinski definition) is 6. The Kier molecular flexibility index (Phi) is 8.02. The van der Waals surface area contributed by atoms with Crippen LogP contribution in [0.2, 0.25) is 0 Å². The van der Waals surface area contributed by atoms with Crippen LogP contribution in [0.15, 0.2) is 30.3 Å².